The predicted octanol–water partition coefficient (Wildman–Crippen LogP) is 7.80. The molecular weight excluding hydrogens is 434 g/mol. The Balaban J connectivity index is 0. The third kappa shape index (κ3) is 23.5. The predicted molar refractivity (Wildman–Crippen MR) is 153 cm³/mol. The Morgan fingerprint density at radius 3 is 0.912 bits per heavy atom. The summed E-state index contributed by atoms with van der Waals surface area (Å²) in [6, 6.07) is 0. The summed E-state index contributed by atoms with van der Waals surface area (Å²) in [5, 5.41) is 0. The molecule has 0 rings (SSSR count). The van der Waals surface area contributed by atoms with Gasteiger partial charge in [-0.2, -0.15) is 0 Å². The number of hydrogen-bond acceptors (Lipinski definition) is 0. The first-order chi connectivity index (χ1) is 16.0. The van der Waals surface area contributed by atoms with Crippen molar-refractivity contribution in [3.05, 3.63) is 24.3 Å². The van der Waals surface area contributed by atoms with Crippen LogP contribution in [-0.4, -0.2) is 30.7 Å². The number of rotatable bonds is 26. The van der Waals surface area contributed by atoms with E-state index in [-0.39, 0.29) is 12.4 Å². The molecule has 0 N–H and O–H groups in total. The van der Waals surface area contributed by atoms with Gasteiger partial charge in [-0.1, -0.05) is 130 Å². The summed E-state index contributed by atoms with van der Waals surface area (Å²) in [7, 11) is 0. The zero-order valence-corrected chi connectivity index (χ0v) is 25.0. The molecule has 0 unspecified atom stereocenters. The fourth-order valence-electron chi connectivity index (χ4n) is 5.50. The van der Waals surface area contributed by atoms with Crippen molar-refractivity contribution in [2.75, 3.05) is 26.2 Å². The third-order valence-electron chi connectivity index (χ3n) is 7.18. The highest BCUT2D eigenvalue weighted by Gasteiger charge is 2.26. The monoisotopic (exact) mass is 497 g/mol. The summed E-state index contributed by atoms with van der Waals surface area (Å²) < 4.78 is 1.21. The van der Waals surface area contributed by atoms with Gasteiger partial charge in [-0.05, 0) is 50.7 Å². The first kappa shape index (κ1) is 35.9. The molecule has 34 heavy (non-hydrogen) atoms. The Hall–Kier alpha value is -0.270. The minimum atomic E-state index is 0. The van der Waals surface area contributed by atoms with Crippen LogP contribution in [0.2, 0.25) is 0 Å². The minimum absolute atomic E-state index is 0. The van der Waals surface area contributed by atoms with E-state index in [1.54, 1.807) is 0 Å². The average Bonchev–Trinajstić information content (AvgIpc) is 2.75. The highest BCUT2D eigenvalue weighted by molar-refractivity contribution is 4.92. The molecule has 0 aromatic heterocycles. The van der Waals surface area contributed by atoms with Crippen molar-refractivity contribution in [1.82, 2.24) is 0 Å². The Kier molecular flexibility index (Phi) is 27.2. The van der Waals surface area contributed by atoms with E-state index in [0.29, 0.717) is 0 Å². The smallest absolute Gasteiger partial charge is 0.100 e. The van der Waals surface area contributed by atoms with Crippen LogP contribution in [-0.2, 0) is 0 Å². The van der Waals surface area contributed by atoms with E-state index in [2.05, 4.69) is 40.9 Å². The molecule has 1 nitrogen and oxygen atoms in total. The molecular formula is C32H64ClN. The zero-order valence-electron chi connectivity index (χ0n) is 24.2. The van der Waals surface area contributed by atoms with E-state index in [4.69, 9.17) is 0 Å². The number of nitrogens with zero attached hydrogens (tertiary/aromatic N) is 1. The number of quaternary nitrogens is 1. The quantitative estimate of drug-likeness (QED) is 0.0649. The van der Waals surface area contributed by atoms with E-state index >= 15 is 0 Å². The molecule has 0 bridgehead atoms. The summed E-state index contributed by atoms with van der Waals surface area (Å²) >= 11 is 0. The van der Waals surface area contributed by atoms with Crippen LogP contribution in [0.4, 0.5) is 0 Å². The van der Waals surface area contributed by atoms with Gasteiger partial charge < -0.3 is 16.9 Å². The Morgan fingerprint density at radius 2 is 0.676 bits per heavy atom. The number of unbranched alkanes of at least 4 members (excludes halogenated alkanes) is 18. The Morgan fingerprint density at radius 1 is 0.441 bits per heavy atom. The highest BCUT2D eigenvalue weighted by Crippen LogP contribution is 2.20. The maximum atomic E-state index is 4.30. The van der Waals surface area contributed by atoms with Crippen LogP contribution in [0.5, 0.6) is 0 Å². The normalized spacial score (nSPS) is 11.4. The Bertz CT molecular complexity index is 414. The molecule has 0 spiro atoms. The molecule has 0 aliphatic carbocycles. The molecule has 2 heteroatoms. The molecule has 0 saturated heterocycles. The van der Waals surface area contributed by atoms with E-state index < -0.39 is 0 Å². The lowest BCUT2D eigenvalue weighted by molar-refractivity contribution is -0.920. The van der Waals surface area contributed by atoms with Gasteiger partial charge in [0.2, 0.25) is 0 Å². The van der Waals surface area contributed by atoms with Gasteiger partial charge in [0.25, 0.3) is 0 Å². The summed E-state index contributed by atoms with van der Waals surface area (Å²) in [5.74, 6) is 0. The maximum absolute atomic E-state index is 4.30. The molecule has 0 aromatic carbocycles. The number of hydrogen-bond donors (Lipinski definition) is 0. The molecule has 0 aliphatic rings. The summed E-state index contributed by atoms with van der Waals surface area (Å²) in [6.45, 7) is 22.6. The SMILES string of the molecule is C=C(C)C[N+](CCCCCCCCCCCC)(CCCCCCCCCCCC)CC(=C)C.[Cl-]. The molecule has 0 aliphatic heterocycles. The molecule has 0 atom stereocenters. The van der Waals surface area contributed by atoms with E-state index in [1.165, 1.54) is 157 Å². The molecule has 0 radical (unpaired) electrons. The highest BCUT2D eigenvalue weighted by atomic mass is 35.5. The van der Waals surface area contributed by atoms with Gasteiger partial charge in [0.1, 0.15) is 13.1 Å². The van der Waals surface area contributed by atoms with Crippen LogP contribution < -0.4 is 12.4 Å². The molecule has 0 fully saturated rings. The van der Waals surface area contributed by atoms with Gasteiger partial charge in [0.05, 0.1) is 13.1 Å². The average molecular weight is 498 g/mol. The largest absolute Gasteiger partial charge is 1.00 e. The van der Waals surface area contributed by atoms with Crippen LogP contribution in [0.15, 0.2) is 24.3 Å². The fourth-order valence-corrected chi connectivity index (χ4v) is 5.50. The lowest BCUT2D eigenvalue weighted by atomic mass is 10.0. The van der Waals surface area contributed by atoms with Crippen LogP contribution in [0.3, 0.4) is 0 Å². The standard InChI is InChI=1S/C32H64N.ClH/c1-7-9-11-13-15-17-19-21-23-25-27-33(29-31(3)4,30-32(5)6)28-26-24-22-20-18-16-14-12-10-8-2;/h3,5,7-30H2,1-2,4,6H3;1H/q+1;/p-1. The van der Waals surface area contributed by atoms with Crippen LogP contribution in [0.25, 0.3) is 0 Å². The fraction of sp³-hybridized carbons (Fsp3) is 0.875. The van der Waals surface area contributed by atoms with Crippen molar-refractivity contribution in [3.63, 3.8) is 0 Å². The zero-order chi connectivity index (χ0) is 24.6. The summed E-state index contributed by atoms with van der Waals surface area (Å²) in [4.78, 5) is 0. The van der Waals surface area contributed by atoms with Crippen LogP contribution in [0.1, 0.15) is 156 Å². The second-order valence-electron chi connectivity index (χ2n) is 11.4. The van der Waals surface area contributed by atoms with Gasteiger partial charge in [0, 0.05) is 0 Å². The molecule has 0 saturated carbocycles. The second-order valence-corrected chi connectivity index (χ2v) is 11.4. The van der Waals surface area contributed by atoms with E-state index in [0.717, 1.165) is 13.1 Å². The maximum Gasteiger partial charge on any atom is 0.100 e. The molecule has 0 amide bonds. The molecule has 0 heterocycles. The van der Waals surface area contributed by atoms with Crippen LogP contribution >= 0.6 is 0 Å². The van der Waals surface area contributed by atoms with Gasteiger partial charge >= 0.3 is 0 Å². The first-order valence-electron chi connectivity index (χ1n) is 15.1. The first-order valence-corrected chi connectivity index (χ1v) is 15.1. The van der Waals surface area contributed by atoms with Crippen LogP contribution in [0, 0.1) is 0 Å². The topological polar surface area (TPSA) is 0 Å². The van der Waals surface area contributed by atoms with Gasteiger partial charge in [-0.25, -0.2) is 0 Å². The minimum Gasteiger partial charge on any atom is -1.00 e. The van der Waals surface area contributed by atoms with E-state index in [1.807, 2.05) is 0 Å². The van der Waals surface area contributed by atoms with Crippen molar-refractivity contribution in [2.24, 2.45) is 0 Å². The van der Waals surface area contributed by atoms with Crippen molar-refractivity contribution < 1.29 is 16.9 Å². The lowest BCUT2D eigenvalue weighted by Crippen LogP contribution is -3.00. The van der Waals surface area contributed by atoms with Crippen molar-refractivity contribution in [3.8, 4) is 0 Å². The van der Waals surface area contributed by atoms with Crippen molar-refractivity contribution in [1.29, 1.82) is 0 Å². The third-order valence-corrected chi connectivity index (χ3v) is 7.18. The molecule has 0 aromatic rings. The van der Waals surface area contributed by atoms with Gasteiger partial charge in [-0.15, -0.1) is 0 Å². The summed E-state index contributed by atoms with van der Waals surface area (Å²) in [5.41, 5.74) is 2.69. The number of halogens is 1. The Labute approximate surface area is 223 Å². The van der Waals surface area contributed by atoms with Crippen molar-refractivity contribution >= 4 is 0 Å². The molecule has 204 valence electrons. The van der Waals surface area contributed by atoms with Crippen molar-refractivity contribution in [2.45, 2.75) is 156 Å². The summed E-state index contributed by atoms with van der Waals surface area (Å²) in [6.07, 6.45) is 28.4. The second kappa shape index (κ2) is 25.8. The van der Waals surface area contributed by atoms with Gasteiger partial charge in [-0.3, -0.25) is 0 Å². The lowest BCUT2D eigenvalue weighted by Gasteiger charge is -2.39. The van der Waals surface area contributed by atoms with Gasteiger partial charge in [0.15, 0.2) is 0 Å². The van der Waals surface area contributed by atoms with E-state index in [9.17, 15) is 0 Å².